The first kappa shape index (κ1) is 15.8. The third-order valence-corrected chi connectivity index (χ3v) is 8.14. The number of hydrogen-bond donors (Lipinski definition) is 0. The number of hydrogen-bond acceptors (Lipinski definition) is 1. The molecular formula is C12H27LiOSi. The molecule has 0 bridgehead atoms. The molecule has 1 unspecified atom stereocenters. The van der Waals surface area contributed by atoms with E-state index in [-0.39, 0.29) is 0 Å². The van der Waals surface area contributed by atoms with Crippen LogP contribution in [0.15, 0.2) is 0 Å². The Hall–Kier alpha value is 0.774. The van der Waals surface area contributed by atoms with Crippen LogP contribution in [0.5, 0.6) is 0 Å². The summed E-state index contributed by atoms with van der Waals surface area (Å²) in [7, 11) is -1.54. The van der Waals surface area contributed by atoms with Crippen molar-refractivity contribution < 1.29 is 4.43 Å². The van der Waals surface area contributed by atoms with Gasteiger partial charge < -0.3 is 0 Å². The minimum absolute atomic E-state index is 0.340. The molecule has 0 aromatic carbocycles. The standard InChI is InChI=1S/C12H27OSi.Li/c1-8-10-11(9-2)13-14(6,7)12(3,4)5;/h11H,1,8-10H2,2-7H3;. The second-order valence-corrected chi connectivity index (χ2v) is 10.8. The minimum atomic E-state index is -1.54. The Bertz CT molecular complexity index is 175. The molecule has 0 rings (SSSR count). The molecule has 0 aromatic rings. The third-order valence-electron chi connectivity index (χ3n) is 3.60. The predicted octanol–water partition coefficient (Wildman–Crippen LogP) is 4.15. The van der Waals surface area contributed by atoms with Crippen LogP contribution in [0.2, 0.25) is 23.2 Å². The molecule has 0 aliphatic heterocycles. The van der Waals surface area contributed by atoms with Gasteiger partial charge in [0, 0.05) is 0 Å². The van der Waals surface area contributed by atoms with Crippen LogP contribution in [0, 0.1) is 0 Å². The second kappa shape index (κ2) is 6.50. The van der Waals surface area contributed by atoms with Gasteiger partial charge in [0.1, 0.15) is 0 Å². The van der Waals surface area contributed by atoms with Crippen molar-refractivity contribution in [3.8, 4) is 0 Å². The molecular weight excluding hydrogens is 195 g/mol. The molecule has 3 heteroatoms. The Balaban J connectivity index is 4.27. The molecule has 0 aliphatic rings. The molecule has 1 atom stereocenters. The van der Waals surface area contributed by atoms with Crippen molar-refractivity contribution >= 4 is 26.0 Å². The summed E-state index contributed by atoms with van der Waals surface area (Å²) in [6.07, 6.45) is 4.19. The molecule has 0 radical (unpaired) electrons. The van der Waals surface area contributed by atoms with Gasteiger partial charge in [0.2, 0.25) is 0 Å². The van der Waals surface area contributed by atoms with Crippen LogP contribution in [-0.4, -0.2) is 32.1 Å². The summed E-state index contributed by atoms with van der Waals surface area (Å²) in [5.74, 6) is 0. The SMILES string of the molecule is [Li][CH2]CCC(CC)O[Si](C)(C)C(C)(C)C. The van der Waals surface area contributed by atoms with E-state index in [9.17, 15) is 0 Å². The Labute approximate surface area is 107 Å². The molecule has 86 valence electrons. The van der Waals surface area contributed by atoms with Gasteiger partial charge in [-0.1, -0.05) is 0 Å². The average Bonchev–Trinajstić information content (AvgIpc) is 2.10. The summed E-state index contributed by atoms with van der Waals surface area (Å²) >= 11 is 2.25. The average molecular weight is 222 g/mol. The van der Waals surface area contributed by atoms with E-state index in [1.807, 2.05) is 0 Å². The summed E-state index contributed by atoms with van der Waals surface area (Å²) in [6, 6.07) is 0. The fraction of sp³-hybridized carbons (Fsp3) is 1.00. The van der Waals surface area contributed by atoms with E-state index in [0.29, 0.717) is 11.1 Å². The van der Waals surface area contributed by atoms with Gasteiger partial charge >= 0.3 is 107 Å². The molecule has 0 saturated heterocycles. The van der Waals surface area contributed by atoms with Gasteiger partial charge in [-0.15, -0.1) is 0 Å². The molecule has 15 heavy (non-hydrogen) atoms. The van der Waals surface area contributed by atoms with Crippen molar-refractivity contribution in [1.29, 1.82) is 0 Å². The maximum atomic E-state index is 6.39. The Morgan fingerprint density at radius 2 is 1.80 bits per heavy atom. The molecule has 0 spiro atoms. The molecule has 0 fully saturated rings. The second-order valence-electron chi connectivity index (χ2n) is 6.05. The zero-order valence-electron chi connectivity index (χ0n) is 11.8. The van der Waals surface area contributed by atoms with Gasteiger partial charge in [-0.2, -0.15) is 0 Å². The van der Waals surface area contributed by atoms with E-state index in [1.54, 1.807) is 0 Å². The Morgan fingerprint density at radius 3 is 2.13 bits per heavy atom. The van der Waals surface area contributed by atoms with Gasteiger partial charge in [-0.05, 0) is 0 Å². The van der Waals surface area contributed by atoms with Crippen LogP contribution in [0.25, 0.3) is 0 Å². The topological polar surface area (TPSA) is 9.23 Å². The van der Waals surface area contributed by atoms with Crippen molar-refractivity contribution in [1.82, 2.24) is 0 Å². The van der Waals surface area contributed by atoms with Crippen LogP contribution in [0.4, 0.5) is 0 Å². The van der Waals surface area contributed by atoms with Gasteiger partial charge in [0.15, 0.2) is 0 Å². The molecule has 0 N–H and O–H groups in total. The van der Waals surface area contributed by atoms with E-state index in [1.165, 1.54) is 17.9 Å². The first-order valence-corrected chi connectivity index (χ1v) is 9.33. The third kappa shape index (κ3) is 5.59. The van der Waals surface area contributed by atoms with Crippen molar-refractivity contribution in [3.63, 3.8) is 0 Å². The fourth-order valence-corrected chi connectivity index (χ4v) is 2.84. The van der Waals surface area contributed by atoms with E-state index in [4.69, 9.17) is 4.43 Å². The molecule has 0 aliphatic carbocycles. The van der Waals surface area contributed by atoms with Gasteiger partial charge in [0.25, 0.3) is 0 Å². The van der Waals surface area contributed by atoms with E-state index < -0.39 is 8.32 Å². The molecule has 0 aromatic heterocycles. The first-order valence-electron chi connectivity index (χ1n) is 6.42. The van der Waals surface area contributed by atoms with Crippen molar-refractivity contribution in [2.75, 3.05) is 0 Å². The molecule has 0 amide bonds. The van der Waals surface area contributed by atoms with Gasteiger partial charge in [-0.3, -0.25) is 0 Å². The fourth-order valence-electron chi connectivity index (χ4n) is 1.37. The van der Waals surface area contributed by atoms with Crippen LogP contribution in [0.3, 0.4) is 0 Å². The zero-order chi connectivity index (χ0) is 12.1. The van der Waals surface area contributed by atoms with Crippen molar-refractivity contribution in [3.05, 3.63) is 0 Å². The van der Waals surface area contributed by atoms with Gasteiger partial charge in [0.05, 0.1) is 0 Å². The van der Waals surface area contributed by atoms with Gasteiger partial charge in [-0.25, -0.2) is 0 Å². The zero-order valence-corrected chi connectivity index (χ0v) is 12.8. The van der Waals surface area contributed by atoms with Crippen LogP contribution >= 0.6 is 0 Å². The van der Waals surface area contributed by atoms with Crippen LogP contribution < -0.4 is 0 Å². The Morgan fingerprint density at radius 1 is 1.27 bits per heavy atom. The van der Waals surface area contributed by atoms with Crippen LogP contribution in [0.1, 0.15) is 47.0 Å². The normalized spacial score (nSPS) is 15.5. The van der Waals surface area contributed by atoms with E-state index in [2.05, 4.69) is 58.5 Å². The van der Waals surface area contributed by atoms with Crippen molar-refractivity contribution in [2.24, 2.45) is 0 Å². The van der Waals surface area contributed by atoms with E-state index in [0.717, 1.165) is 6.42 Å². The summed E-state index contributed by atoms with van der Waals surface area (Å²) < 4.78 is 6.39. The maximum absolute atomic E-state index is 6.39. The predicted molar refractivity (Wildman–Crippen MR) is 72.2 cm³/mol. The molecule has 0 heterocycles. The number of rotatable bonds is 6. The van der Waals surface area contributed by atoms with Crippen LogP contribution in [-0.2, 0) is 4.43 Å². The summed E-state index contributed by atoms with van der Waals surface area (Å²) in [5.41, 5.74) is 0. The van der Waals surface area contributed by atoms with E-state index >= 15 is 0 Å². The quantitative estimate of drug-likeness (QED) is 0.613. The van der Waals surface area contributed by atoms with Crippen molar-refractivity contribution in [2.45, 2.75) is 76.3 Å². The summed E-state index contributed by atoms with van der Waals surface area (Å²) in [6.45, 7) is 13.9. The first-order chi connectivity index (χ1) is 6.74. The molecule has 1 nitrogen and oxygen atoms in total. The summed E-state index contributed by atoms with van der Waals surface area (Å²) in [5, 5.41) is 1.62. The Kier molecular flexibility index (Phi) is 6.83. The molecule has 0 saturated carbocycles. The monoisotopic (exact) mass is 222 g/mol. The summed E-state index contributed by atoms with van der Waals surface area (Å²) in [4.78, 5) is 0.